The van der Waals surface area contributed by atoms with E-state index in [-0.39, 0.29) is 19.3 Å². The number of rotatable bonds is 8. The first-order valence-corrected chi connectivity index (χ1v) is 6.59. The first kappa shape index (κ1) is 18.5. The van der Waals surface area contributed by atoms with Crippen molar-refractivity contribution < 1.29 is 19.1 Å². The summed E-state index contributed by atoms with van der Waals surface area (Å²) < 4.78 is 10.5. The molecule has 0 N–H and O–H groups in total. The summed E-state index contributed by atoms with van der Waals surface area (Å²) in [5.74, 6) is 2.39. The number of carbonyl (C=O) groups is 1. The van der Waals surface area contributed by atoms with Crippen LogP contribution >= 0.6 is 0 Å². The molecule has 0 bridgehead atoms. The van der Waals surface area contributed by atoms with E-state index in [1.807, 2.05) is 6.92 Å². The third-order valence-electron chi connectivity index (χ3n) is 2.17. The lowest BCUT2D eigenvalue weighted by Crippen LogP contribution is -2.42. The molecule has 0 aromatic rings. The highest BCUT2D eigenvalue weighted by atomic mass is 16.7. The maximum Gasteiger partial charge on any atom is 0.434 e. The number of ether oxygens (including phenoxy) is 2. The summed E-state index contributed by atoms with van der Waals surface area (Å²) >= 11 is 0. The van der Waals surface area contributed by atoms with Crippen molar-refractivity contribution in [2.75, 3.05) is 19.8 Å². The van der Waals surface area contributed by atoms with Gasteiger partial charge in [-0.2, -0.15) is 5.06 Å². The van der Waals surface area contributed by atoms with Crippen molar-refractivity contribution in [3.63, 3.8) is 0 Å². The molecule has 0 aliphatic heterocycles. The Morgan fingerprint density at radius 1 is 1.50 bits per heavy atom. The van der Waals surface area contributed by atoms with Crippen LogP contribution in [0.4, 0.5) is 4.79 Å². The second-order valence-corrected chi connectivity index (χ2v) is 5.28. The molecule has 0 rings (SSSR count). The molecule has 114 valence electrons. The summed E-state index contributed by atoms with van der Waals surface area (Å²) in [6, 6.07) is -0.192. The molecular formula is C15H25NO4. The Balaban J connectivity index is 4.48. The van der Waals surface area contributed by atoms with E-state index < -0.39 is 11.7 Å². The van der Waals surface area contributed by atoms with E-state index in [0.29, 0.717) is 13.0 Å². The molecule has 0 fully saturated rings. The van der Waals surface area contributed by atoms with E-state index in [2.05, 4.69) is 12.5 Å². The first-order valence-electron chi connectivity index (χ1n) is 6.59. The second kappa shape index (κ2) is 9.40. The Labute approximate surface area is 121 Å². The maximum atomic E-state index is 12.1. The SMILES string of the molecule is C#CCOCCC(C)N(OCC=C)C(=O)OC(C)(C)C. The van der Waals surface area contributed by atoms with Crippen LogP contribution in [-0.4, -0.2) is 42.6 Å². The van der Waals surface area contributed by atoms with Gasteiger partial charge in [0.25, 0.3) is 0 Å². The number of hydrogen-bond acceptors (Lipinski definition) is 4. The van der Waals surface area contributed by atoms with Crippen LogP contribution in [0, 0.1) is 12.3 Å². The van der Waals surface area contributed by atoms with Crippen LogP contribution in [-0.2, 0) is 14.3 Å². The topological polar surface area (TPSA) is 48.0 Å². The average Bonchev–Trinajstić information content (AvgIpc) is 2.33. The fourth-order valence-electron chi connectivity index (χ4n) is 1.30. The minimum atomic E-state index is -0.577. The Morgan fingerprint density at radius 2 is 2.15 bits per heavy atom. The summed E-state index contributed by atoms with van der Waals surface area (Å²) in [5.41, 5.74) is -0.577. The van der Waals surface area contributed by atoms with Gasteiger partial charge in [-0.25, -0.2) is 4.79 Å². The highest BCUT2D eigenvalue weighted by molar-refractivity contribution is 5.67. The van der Waals surface area contributed by atoms with Crippen molar-refractivity contribution in [2.45, 2.75) is 45.8 Å². The summed E-state index contributed by atoms with van der Waals surface area (Å²) in [5, 5.41) is 1.21. The van der Waals surface area contributed by atoms with Crippen LogP contribution < -0.4 is 0 Å². The smallest absolute Gasteiger partial charge is 0.434 e. The Kier molecular flexibility index (Phi) is 8.69. The van der Waals surface area contributed by atoms with Gasteiger partial charge in [-0.1, -0.05) is 12.0 Å². The fraction of sp³-hybridized carbons (Fsp3) is 0.667. The van der Waals surface area contributed by atoms with Crippen molar-refractivity contribution >= 4 is 6.09 Å². The van der Waals surface area contributed by atoms with Crippen LogP contribution in [0.3, 0.4) is 0 Å². The maximum absolute atomic E-state index is 12.1. The predicted octanol–water partition coefficient (Wildman–Crippen LogP) is 2.77. The third-order valence-corrected chi connectivity index (χ3v) is 2.17. The zero-order valence-electron chi connectivity index (χ0n) is 12.8. The lowest BCUT2D eigenvalue weighted by atomic mass is 10.2. The molecule has 0 heterocycles. The molecule has 1 atom stereocenters. The zero-order valence-corrected chi connectivity index (χ0v) is 12.8. The van der Waals surface area contributed by atoms with Crippen LogP contribution in [0.1, 0.15) is 34.1 Å². The molecule has 0 aliphatic rings. The molecule has 20 heavy (non-hydrogen) atoms. The van der Waals surface area contributed by atoms with Crippen LogP contribution in [0.15, 0.2) is 12.7 Å². The summed E-state index contributed by atoms with van der Waals surface area (Å²) in [6.07, 6.45) is 6.73. The van der Waals surface area contributed by atoms with Crippen molar-refractivity contribution in [3.05, 3.63) is 12.7 Å². The largest absolute Gasteiger partial charge is 0.442 e. The van der Waals surface area contributed by atoms with Crippen molar-refractivity contribution in [2.24, 2.45) is 0 Å². The van der Waals surface area contributed by atoms with Gasteiger partial charge in [-0.15, -0.1) is 13.0 Å². The van der Waals surface area contributed by atoms with Gasteiger partial charge >= 0.3 is 6.09 Å². The first-order chi connectivity index (χ1) is 9.31. The lowest BCUT2D eigenvalue weighted by molar-refractivity contribution is -0.161. The molecule has 0 aromatic carbocycles. The van der Waals surface area contributed by atoms with Crippen molar-refractivity contribution in [3.8, 4) is 12.3 Å². The zero-order chi connectivity index (χ0) is 15.6. The van der Waals surface area contributed by atoms with Gasteiger partial charge in [0.05, 0.1) is 12.6 Å². The Hall–Kier alpha value is -1.51. The summed E-state index contributed by atoms with van der Waals surface area (Å²) in [4.78, 5) is 17.4. The number of hydroxylamine groups is 2. The van der Waals surface area contributed by atoms with Gasteiger partial charge in [0, 0.05) is 6.61 Å². The second-order valence-electron chi connectivity index (χ2n) is 5.28. The lowest BCUT2D eigenvalue weighted by Gasteiger charge is -2.30. The molecule has 5 heteroatoms. The van der Waals surface area contributed by atoms with Gasteiger partial charge in [0.15, 0.2) is 0 Å². The Bertz CT molecular complexity index is 341. The van der Waals surface area contributed by atoms with E-state index in [1.165, 1.54) is 5.06 Å². The fourth-order valence-corrected chi connectivity index (χ4v) is 1.30. The minimum absolute atomic E-state index is 0.192. The van der Waals surface area contributed by atoms with Crippen LogP contribution in [0.2, 0.25) is 0 Å². The molecule has 0 aromatic heterocycles. The molecule has 0 saturated heterocycles. The molecule has 0 radical (unpaired) electrons. The summed E-state index contributed by atoms with van der Waals surface area (Å²) in [6.45, 7) is 11.8. The minimum Gasteiger partial charge on any atom is -0.442 e. The molecule has 0 aliphatic carbocycles. The molecule has 0 spiro atoms. The van der Waals surface area contributed by atoms with E-state index in [9.17, 15) is 4.79 Å². The van der Waals surface area contributed by atoms with Gasteiger partial charge in [-0.05, 0) is 34.1 Å². The van der Waals surface area contributed by atoms with E-state index in [4.69, 9.17) is 20.7 Å². The molecule has 5 nitrogen and oxygen atoms in total. The van der Waals surface area contributed by atoms with Gasteiger partial charge in [0.2, 0.25) is 0 Å². The number of hydrogen-bond donors (Lipinski definition) is 0. The van der Waals surface area contributed by atoms with Gasteiger partial charge < -0.3 is 9.47 Å². The predicted molar refractivity (Wildman–Crippen MR) is 78.0 cm³/mol. The van der Waals surface area contributed by atoms with Crippen LogP contribution in [0.5, 0.6) is 0 Å². The quantitative estimate of drug-likeness (QED) is 0.297. The highest BCUT2D eigenvalue weighted by Gasteiger charge is 2.26. The molecule has 0 saturated carbocycles. The number of carbonyl (C=O) groups excluding carboxylic acids is 1. The monoisotopic (exact) mass is 283 g/mol. The number of amides is 1. The molecule has 1 amide bonds. The standard InChI is InChI=1S/C15H25NO4/c1-7-10-18-12-9-13(3)16(19-11-8-2)14(17)20-15(4,5)6/h1,8,13H,2,9-12H2,3-6H3. The number of nitrogens with zero attached hydrogens (tertiary/aromatic N) is 1. The molecular weight excluding hydrogens is 258 g/mol. The number of terminal acetylenes is 1. The van der Waals surface area contributed by atoms with E-state index in [0.717, 1.165) is 0 Å². The molecule has 1 unspecified atom stereocenters. The van der Waals surface area contributed by atoms with Gasteiger partial charge in [0.1, 0.15) is 12.2 Å². The third kappa shape index (κ3) is 8.57. The van der Waals surface area contributed by atoms with E-state index in [1.54, 1.807) is 26.8 Å². The van der Waals surface area contributed by atoms with E-state index >= 15 is 0 Å². The van der Waals surface area contributed by atoms with Crippen molar-refractivity contribution in [1.29, 1.82) is 0 Å². The average molecular weight is 283 g/mol. The normalized spacial score (nSPS) is 12.3. The Morgan fingerprint density at radius 3 is 2.65 bits per heavy atom. The highest BCUT2D eigenvalue weighted by Crippen LogP contribution is 2.14. The van der Waals surface area contributed by atoms with Crippen LogP contribution in [0.25, 0.3) is 0 Å². The van der Waals surface area contributed by atoms with Crippen molar-refractivity contribution in [1.82, 2.24) is 5.06 Å². The summed E-state index contributed by atoms with van der Waals surface area (Å²) in [7, 11) is 0. The van der Waals surface area contributed by atoms with Gasteiger partial charge in [-0.3, -0.25) is 4.84 Å².